The molecule has 1 aliphatic heterocycles. The van der Waals surface area contributed by atoms with Crippen LogP contribution in [0.15, 0.2) is 18.2 Å². The number of unbranched alkanes of at least 4 members (excludes halogenated alkanes) is 2. The Balaban J connectivity index is 2.19. The highest BCUT2D eigenvalue weighted by molar-refractivity contribution is 5.63. The fourth-order valence-corrected chi connectivity index (χ4v) is 2.93. The van der Waals surface area contributed by atoms with E-state index in [-0.39, 0.29) is 11.3 Å². The fraction of sp³-hybridized carbons (Fsp3) is 0.611. The van der Waals surface area contributed by atoms with Crippen molar-refractivity contribution in [1.29, 1.82) is 0 Å². The van der Waals surface area contributed by atoms with Crippen molar-refractivity contribution in [2.24, 2.45) is 0 Å². The summed E-state index contributed by atoms with van der Waals surface area (Å²) in [5, 5.41) is 0. The zero-order valence-electron chi connectivity index (χ0n) is 12.9. The van der Waals surface area contributed by atoms with Gasteiger partial charge in [-0.15, -0.1) is 0 Å². The van der Waals surface area contributed by atoms with Gasteiger partial charge in [0.15, 0.2) is 0 Å². The Labute approximate surface area is 122 Å². The lowest BCUT2D eigenvalue weighted by Crippen LogP contribution is -2.26. The van der Waals surface area contributed by atoms with Crippen molar-refractivity contribution in [1.82, 2.24) is 0 Å². The maximum Gasteiger partial charge on any atom is 0.127 e. The van der Waals surface area contributed by atoms with Crippen LogP contribution in [-0.4, -0.2) is 12.9 Å². The van der Waals surface area contributed by atoms with Gasteiger partial charge in [-0.25, -0.2) is 0 Å². The van der Waals surface area contributed by atoms with E-state index in [4.69, 9.17) is 4.74 Å². The lowest BCUT2D eigenvalue weighted by atomic mass is 9.79. The average Bonchev–Trinajstić information content (AvgIpc) is 2.43. The molecule has 2 rings (SSSR count). The molecule has 1 aliphatic rings. The Morgan fingerprint density at radius 2 is 2.15 bits per heavy atom. The van der Waals surface area contributed by atoms with Crippen LogP contribution >= 0.6 is 0 Å². The van der Waals surface area contributed by atoms with Crippen molar-refractivity contribution in [3.8, 4) is 5.75 Å². The summed E-state index contributed by atoms with van der Waals surface area (Å²) >= 11 is 0. The highest BCUT2D eigenvalue weighted by Gasteiger charge is 2.29. The van der Waals surface area contributed by atoms with Gasteiger partial charge in [0.25, 0.3) is 0 Å². The van der Waals surface area contributed by atoms with E-state index < -0.39 is 0 Å². The van der Waals surface area contributed by atoms with Crippen LogP contribution in [0.2, 0.25) is 0 Å². The molecule has 0 spiro atoms. The van der Waals surface area contributed by atoms with Gasteiger partial charge in [0, 0.05) is 5.92 Å². The minimum atomic E-state index is 0.0143. The van der Waals surface area contributed by atoms with Crippen molar-refractivity contribution in [2.75, 3.05) is 6.61 Å². The second-order valence-electron chi connectivity index (χ2n) is 6.48. The maximum absolute atomic E-state index is 11.4. The number of rotatable bonds is 6. The third-order valence-electron chi connectivity index (χ3n) is 4.43. The molecule has 1 aromatic rings. The molecule has 2 heteroatoms. The SMILES string of the molecule is CCCCCC(C=O)c1ccc2c(c1)OCCC2(C)C. The second-order valence-corrected chi connectivity index (χ2v) is 6.48. The van der Waals surface area contributed by atoms with Gasteiger partial charge in [-0.05, 0) is 35.4 Å². The molecular formula is C18H26O2. The van der Waals surface area contributed by atoms with Crippen molar-refractivity contribution < 1.29 is 9.53 Å². The van der Waals surface area contributed by atoms with Gasteiger partial charge in [0.1, 0.15) is 12.0 Å². The predicted octanol–water partition coefficient (Wildman–Crippen LogP) is 4.61. The van der Waals surface area contributed by atoms with Gasteiger partial charge in [0.2, 0.25) is 0 Å². The lowest BCUT2D eigenvalue weighted by Gasteiger charge is -2.33. The van der Waals surface area contributed by atoms with Gasteiger partial charge in [-0.3, -0.25) is 0 Å². The minimum absolute atomic E-state index is 0.0143. The maximum atomic E-state index is 11.4. The van der Waals surface area contributed by atoms with E-state index in [0.717, 1.165) is 43.5 Å². The largest absolute Gasteiger partial charge is 0.493 e. The quantitative estimate of drug-likeness (QED) is 0.559. The van der Waals surface area contributed by atoms with E-state index in [9.17, 15) is 4.79 Å². The lowest BCUT2D eigenvalue weighted by molar-refractivity contribution is -0.109. The van der Waals surface area contributed by atoms with Crippen molar-refractivity contribution >= 4 is 6.29 Å². The molecule has 1 atom stereocenters. The molecule has 0 aliphatic carbocycles. The molecule has 110 valence electrons. The first kappa shape index (κ1) is 15.1. The number of hydrogen-bond donors (Lipinski definition) is 0. The van der Waals surface area contributed by atoms with Gasteiger partial charge in [-0.2, -0.15) is 0 Å². The molecule has 1 aromatic carbocycles. The topological polar surface area (TPSA) is 26.3 Å². The second kappa shape index (κ2) is 6.43. The standard InChI is InChI=1S/C18H26O2/c1-4-5-6-7-15(13-19)14-8-9-16-17(12-14)20-11-10-18(16,2)3/h8-9,12-13,15H,4-7,10-11H2,1-3H3. The average molecular weight is 274 g/mol. The van der Waals surface area contributed by atoms with Gasteiger partial charge < -0.3 is 9.53 Å². The smallest absolute Gasteiger partial charge is 0.127 e. The van der Waals surface area contributed by atoms with Crippen LogP contribution in [0.5, 0.6) is 5.75 Å². The van der Waals surface area contributed by atoms with E-state index in [1.165, 1.54) is 18.4 Å². The Morgan fingerprint density at radius 3 is 2.85 bits per heavy atom. The monoisotopic (exact) mass is 274 g/mol. The Morgan fingerprint density at radius 1 is 1.35 bits per heavy atom. The predicted molar refractivity (Wildman–Crippen MR) is 82.5 cm³/mol. The number of ether oxygens (including phenoxy) is 1. The van der Waals surface area contributed by atoms with Gasteiger partial charge in [-0.1, -0.05) is 52.2 Å². The minimum Gasteiger partial charge on any atom is -0.493 e. The Bertz CT molecular complexity index is 462. The van der Waals surface area contributed by atoms with E-state index in [0.29, 0.717) is 0 Å². The molecule has 0 N–H and O–H groups in total. The number of carbonyl (C=O) groups is 1. The summed E-state index contributed by atoms with van der Waals surface area (Å²) in [7, 11) is 0. The molecule has 0 aromatic heterocycles. The number of aldehydes is 1. The molecule has 0 bridgehead atoms. The summed E-state index contributed by atoms with van der Waals surface area (Å²) in [4.78, 5) is 11.4. The van der Waals surface area contributed by atoms with Crippen LogP contribution in [-0.2, 0) is 10.2 Å². The Kier molecular flexibility index (Phi) is 4.85. The highest BCUT2D eigenvalue weighted by Crippen LogP contribution is 2.39. The van der Waals surface area contributed by atoms with Crippen LogP contribution < -0.4 is 4.74 Å². The molecular weight excluding hydrogens is 248 g/mol. The van der Waals surface area contributed by atoms with Crippen molar-refractivity contribution in [3.63, 3.8) is 0 Å². The third kappa shape index (κ3) is 3.23. The first-order valence-electron chi connectivity index (χ1n) is 7.81. The number of hydrogen-bond acceptors (Lipinski definition) is 2. The number of fused-ring (bicyclic) bond motifs is 1. The van der Waals surface area contributed by atoms with Crippen LogP contribution in [0.3, 0.4) is 0 Å². The molecule has 2 nitrogen and oxygen atoms in total. The summed E-state index contributed by atoms with van der Waals surface area (Å²) in [6.45, 7) is 7.47. The van der Waals surface area contributed by atoms with Crippen LogP contribution in [0, 0.1) is 0 Å². The molecule has 0 saturated carbocycles. The van der Waals surface area contributed by atoms with Crippen LogP contribution in [0.4, 0.5) is 0 Å². The van der Waals surface area contributed by atoms with Crippen molar-refractivity contribution in [3.05, 3.63) is 29.3 Å². The van der Waals surface area contributed by atoms with Crippen molar-refractivity contribution in [2.45, 2.75) is 64.2 Å². The molecule has 1 heterocycles. The van der Waals surface area contributed by atoms with Crippen LogP contribution in [0.25, 0.3) is 0 Å². The van der Waals surface area contributed by atoms with Crippen LogP contribution in [0.1, 0.15) is 69.9 Å². The summed E-state index contributed by atoms with van der Waals surface area (Å²) in [6.07, 6.45) is 6.58. The fourth-order valence-electron chi connectivity index (χ4n) is 2.93. The normalized spacial score (nSPS) is 17.9. The van der Waals surface area contributed by atoms with Gasteiger partial charge in [0.05, 0.1) is 6.61 Å². The Hall–Kier alpha value is -1.31. The summed E-state index contributed by atoms with van der Waals surface area (Å²) < 4.78 is 5.80. The zero-order chi connectivity index (χ0) is 14.6. The summed E-state index contributed by atoms with van der Waals surface area (Å²) in [5.41, 5.74) is 2.55. The molecule has 20 heavy (non-hydrogen) atoms. The first-order chi connectivity index (χ1) is 9.58. The zero-order valence-corrected chi connectivity index (χ0v) is 12.9. The first-order valence-corrected chi connectivity index (χ1v) is 7.81. The third-order valence-corrected chi connectivity index (χ3v) is 4.43. The van der Waals surface area contributed by atoms with E-state index in [1.54, 1.807) is 0 Å². The van der Waals surface area contributed by atoms with E-state index >= 15 is 0 Å². The van der Waals surface area contributed by atoms with E-state index in [1.807, 2.05) is 0 Å². The molecule has 0 amide bonds. The van der Waals surface area contributed by atoms with E-state index in [2.05, 4.69) is 39.0 Å². The summed E-state index contributed by atoms with van der Waals surface area (Å²) in [5.74, 6) is 0.988. The molecule has 0 radical (unpaired) electrons. The molecule has 0 fully saturated rings. The van der Waals surface area contributed by atoms with Gasteiger partial charge >= 0.3 is 0 Å². The molecule has 0 saturated heterocycles. The highest BCUT2D eigenvalue weighted by atomic mass is 16.5. The number of carbonyl (C=O) groups excluding carboxylic acids is 1. The molecule has 1 unspecified atom stereocenters. The number of benzene rings is 1. The summed E-state index contributed by atoms with van der Waals surface area (Å²) in [6, 6.07) is 6.35.